The Kier molecular flexibility index (Phi) is 2.93. The van der Waals surface area contributed by atoms with Gasteiger partial charge in [-0.3, -0.25) is 0 Å². The molecule has 1 nitrogen and oxygen atoms in total. The molecule has 0 heterocycles. The molecular weight excluding hydrogens is 52.0 g/mol. The second-order valence-electron chi connectivity index (χ2n) is 0.558. The van der Waals surface area contributed by atoms with Gasteiger partial charge in [0.15, 0.2) is 0 Å². The fourth-order valence-electron chi connectivity index (χ4n) is 0. The van der Waals surface area contributed by atoms with E-state index in [9.17, 15) is 5.11 Å². The van der Waals surface area contributed by atoms with E-state index < -0.39 is 0 Å². The van der Waals surface area contributed by atoms with Crippen molar-refractivity contribution in [2.45, 2.75) is 6.42 Å². The zero-order valence-electron chi connectivity index (χ0n) is 2.53. The van der Waals surface area contributed by atoms with Crippen LogP contribution in [-0.2, 0) is 0 Å². The molecule has 0 aromatic rings. The Labute approximate surface area is 26.3 Å². The van der Waals surface area contributed by atoms with Gasteiger partial charge in [0.1, 0.15) is 0 Å². The predicted octanol–water partition coefficient (Wildman–Crippen LogP) is -0.429. The molecule has 0 bridgehead atoms. The Morgan fingerprint density at radius 1 is 1.75 bits per heavy atom. The van der Waals surface area contributed by atoms with Crippen LogP contribution < -0.4 is 5.11 Å². The van der Waals surface area contributed by atoms with E-state index in [2.05, 4.69) is 6.92 Å². The molecule has 0 atom stereocenters. The van der Waals surface area contributed by atoms with Gasteiger partial charge in [0.2, 0.25) is 0 Å². The fourth-order valence-corrected chi connectivity index (χ4v) is 0. The molecule has 4 heavy (non-hydrogen) atoms. The number of hydrogen-bond acceptors (Lipinski definition) is 1. The van der Waals surface area contributed by atoms with Crippen molar-refractivity contribution in [2.24, 2.45) is 0 Å². The summed E-state index contributed by atoms with van der Waals surface area (Å²) in [4.78, 5) is 0. The average molecular weight is 58.1 g/mol. The van der Waals surface area contributed by atoms with Crippen molar-refractivity contribution in [3.8, 4) is 0 Å². The third-order valence-corrected chi connectivity index (χ3v) is 0.144. The van der Waals surface area contributed by atoms with Crippen LogP contribution in [0.4, 0.5) is 0 Å². The van der Waals surface area contributed by atoms with E-state index in [0.717, 1.165) is 0 Å². The summed E-state index contributed by atoms with van der Waals surface area (Å²) in [5.41, 5.74) is 0. The molecule has 0 aromatic heterocycles. The number of rotatable bonds is 1. The highest BCUT2D eigenvalue weighted by molar-refractivity contribution is 4.27. The molecule has 0 aliphatic rings. The Hall–Kier alpha value is -0.0400. The monoisotopic (exact) mass is 58.0 g/mol. The molecule has 0 fully saturated rings. The normalized spacial score (nSPS) is 7.50. The topological polar surface area (TPSA) is 23.1 Å². The molecule has 0 aromatic carbocycles. The van der Waals surface area contributed by atoms with Gasteiger partial charge >= 0.3 is 0 Å². The van der Waals surface area contributed by atoms with Crippen molar-refractivity contribution < 1.29 is 5.11 Å². The highest BCUT2D eigenvalue weighted by atomic mass is 16.2. The Morgan fingerprint density at radius 3 is 2.00 bits per heavy atom. The molecule has 0 unspecified atom stereocenters. The second kappa shape index (κ2) is 2.96. The first-order valence-corrected chi connectivity index (χ1v) is 1.29. The van der Waals surface area contributed by atoms with E-state index in [1.807, 2.05) is 0 Å². The molecular formula is C3H6O-. The lowest BCUT2D eigenvalue weighted by Gasteiger charge is -1.89. The maximum atomic E-state index is 9.24. The van der Waals surface area contributed by atoms with E-state index in [4.69, 9.17) is 0 Å². The highest BCUT2D eigenvalue weighted by Crippen LogP contribution is 1.55. The van der Waals surface area contributed by atoms with Crippen molar-refractivity contribution >= 4 is 0 Å². The first kappa shape index (κ1) is 3.96. The second-order valence-corrected chi connectivity index (χ2v) is 0.558. The van der Waals surface area contributed by atoms with Crippen LogP contribution in [-0.4, -0.2) is 6.61 Å². The van der Waals surface area contributed by atoms with Gasteiger partial charge in [-0.15, -0.1) is 6.61 Å². The molecule has 0 rings (SSSR count). The standard InChI is InChI=1S/C3H6O/c1-2-3-4/h1-3H2/q-1. The van der Waals surface area contributed by atoms with Crippen LogP contribution in [0.3, 0.4) is 0 Å². The molecule has 0 spiro atoms. The van der Waals surface area contributed by atoms with E-state index >= 15 is 0 Å². The van der Waals surface area contributed by atoms with Crippen LogP contribution in [0, 0.1) is 6.92 Å². The van der Waals surface area contributed by atoms with Gasteiger partial charge in [-0.1, -0.05) is 13.3 Å². The van der Waals surface area contributed by atoms with Crippen molar-refractivity contribution in [3.63, 3.8) is 0 Å². The lowest BCUT2D eigenvalue weighted by atomic mass is 10.5. The third-order valence-electron chi connectivity index (χ3n) is 0.144. The van der Waals surface area contributed by atoms with Crippen LogP contribution in [0.5, 0.6) is 0 Å². The maximum Gasteiger partial charge on any atom is -0.0546 e. The van der Waals surface area contributed by atoms with Gasteiger partial charge < -0.3 is 5.11 Å². The molecule has 1 radical (unpaired) electrons. The van der Waals surface area contributed by atoms with Gasteiger partial charge in [-0.05, 0) is 0 Å². The zero-order valence-corrected chi connectivity index (χ0v) is 2.53. The first-order valence-electron chi connectivity index (χ1n) is 1.29. The van der Waals surface area contributed by atoms with Crippen molar-refractivity contribution in [1.82, 2.24) is 0 Å². The largest absolute Gasteiger partial charge is 0.854 e. The smallest absolute Gasteiger partial charge is 0.0546 e. The Morgan fingerprint density at radius 2 is 2.00 bits per heavy atom. The minimum Gasteiger partial charge on any atom is -0.854 e. The van der Waals surface area contributed by atoms with Crippen molar-refractivity contribution in [2.75, 3.05) is 6.61 Å². The lowest BCUT2D eigenvalue weighted by molar-refractivity contribution is -0.366. The first-order chi connectivity index (χ1) is 1.91. The van der Waals surface area contributed by atoms with Crippen molar-refractivity contribution in [3.05, 3.63) is 6.92 Å². The highest BCUT2D eigenvalue weighted by Gasteiger charge is 1.46. The van der Waals surface area contributed by atoms with Gasteiger partial charge in [0.05, 0.1) is 0 Å². The molecule has 25 valence electrons. The summed E-state index contributed by atoms with van der Waals surface area (Å²) in [7, 11) is 0. The van der Waals surface area contributed by atoms with Crippen LogP contribution >= 0.6 is 0 Å². The minimum atomic E-state index is -0.0417. The summed E-state index contributed by atoms with van der Waals surface area (Å²) in [5, 5.41) is 9.24. The van der Waals surface area contributed by atoms with Crippen LogP contribution in [0.2, 0.25) is 0 Å². The maximum absolute atomic E-state index is 9.24. The number of hydrogen-bond donors (Lipinski definition) is 0. The van der Waals surface area contributed by atoms with Gasteiger partial charge in [-0.25, -0.2) is 0 Å². The predicted molar refractivity (Wildman–Crippen MR) is 14.8 cm³/mol. The van der Waals surface area contributed by atoms with Gasteiger partial charge in [0.25, 0.3) is 0 Å². The summed E-state index contributed by atoms with van der Waals surface area (Å²) in [5.74, 6) is 0. The summed E-state index contributed by atoms with van der Waals surface area (Å²) in [6.07, 6.45) is 0.514. The molecule has 0 aliphatic heterocycles. The average Bonchev–Trinajstić information content (AvgIpc) is 1.37. The quantitative estimate of drug-likeness (QED) is 0.401. The summed E-state index contributed by atoms with van der Waals surface area (Å²) >= 11 is 0. The lowest BCUT2D eigenvalue weighted by Crippen LogP contribution is -2.01. The zero-order chi connectivity index (χ0) is 3.41. The molecule has 0 N–H and O–H groups in total. The molecule has 0 amide bonds. The van der Waals surface area contributed by atoms with Crippen LogP contribution in [0.15, 0.2) is 0 Å². The van der Waals surface area contributed by atoms with Gasteiger partial charge in [0, 0.05) is 0 Å². The summed E-state index contributed by atoms with van der Waals surface area (Å²) in [6, 6.07) is 0. The molecule has 0 aliphatic carbocycles. The summed E-state index contributed by atoms with van der Waals surface area (Å²) < 4.78 is 0. The molecule has 0 saturated carbocycles. The van der Waals surface area contributed by atoms with Crippen molar-refractivity contribution in [1.29, 1.82) is 0 Å². The van der Waals surface area contributed by atoms with Gasteiger partial charge in [-0.2, -0.15) is 0 Å². The Bertz CT molecular complexity index is 5.25. The third kappa shape index (κ3) is 1.96. The van der Waals surface area contributed by atoms with Crippen LogP contribution in [0.25, 0.3) is 0 Å². The van der Waals surface area contributed by atoms with Crippen LogP contribution in [0.1, 0.15) is 6.42 Å². The molecule has 1 heteroatoms. The fraction of sp³-hybridized carbons (Fsp3) is 0.667. The summed E-state index contributed by atoms with van der Waals surface area (Å²) in [6.45, 7) is 3.25. The SMILES string of the molecule is [CH2]CC[O-]. The van der Waals surface area contributed by atoms with E-state index in [1.54, 1.807) is 0 Å². The van der Waals surface area contributed by atoms with E-state index in [-0.39, 0.29) is 6.61 Å². The van der Waals surface area contributed by atoms with E-state index in [1.165, 1.54) is 0 Å². The minimum absolute atomic E-state index is 0.0417. The molecule has 0 saturated heterocycles. The Balaban J connectivity index is 1.97. The van der Waals surface area contributed by atoms with E-state index in [0.29, 0.717) is 6.42 Å².